The van der Waals surface area contributed by atoms with Gasteiger partial charge in [0.25, 0.3) is 0 Å². The number of hydrogen-bond donors (Lipinski definition) is 1. The number of nitrogens with zero attached hydrogens (tertiary/aromatic N) is 1. The van der Waals surface area contributed by atoms with Gasteiger partial charge in [0.2, 0.25) is 0 Å². The predicted octanol–water partition coefficient (Wildman–Crippen LogP) is 2.62. The summed E-state index contributed by atoms with van der Waals surface area (Å²) in [4.78, 5) is 13.0. The van der Waals surface area contributed by atoms with E-state index in [1.54, 1.807) is 0 Å². The van der Waals surface area contributed by atoms with Gasteiger partial charge in [-0.2, -0.15) is 0 Å². The van der Waals surface area contributed by atoms with Crippen LogP contribution in [0.5, 0.6) is 5.75 Å². The van der Waals surface area contributed by atoms with Gasteiger partial charge in [0, 0.05) is 12.6 Å². The standard InChI is InChI=1S/C16H23NO3/c1-12-8-13(2)10-15(9-12)20-7-6-17-5-3-4-14(17)11-16(18)19/h8-10,14H,3-7,11H2,1-2H3,(H,18,19). The van der Waals surface area contributed by atoms with Crippen molar-refractivity contribution < 1.29 is 14.6 Å². The van der Waals surface area contributed by atoms with E-state index < -0.39 is 5.97 Å². The van der Waals surface area contributed by atoms with E-state index in [1.807, 2.05) is 12.1 Å². The van der Waals surface area contributed by atoms with Gasteiger partial charge in [-0.3, -0.25) is 9.69 Å². The first-order valence-corrected chi connectivity index (χ1v) is 7.21. The molecule has 1 aromatic rings. The van der Waals surface area contributed by atoms with E-state index in [4.69, 9.17) is 9.84 Å². The number of benzene rings is 1. The Kier molecular flexibility index (Phi) is 5.01. The van der Waals surface area contributed by atoms with E-state index in [1.165, 1.54) is 11.1 Å². The molecule has 1 heterocycles. The van der Waals surface area contributed by atoms with Crippen LogP contribution in [0.2, 0.25) is 0 Å². The zero-order chi connectivity index (χ0) is 14.5. The molecule has 0 spiro atoms. The molecule has 1 aliphatic heterocycles. The normalized spacial score (nSPS) is 19.2. The lowest BCUT2D eigenvalue weighted by Gasteiger charge is -2.23. The summed E-state index contributed by atoms with van der Waals surface area (Å²) in [6.45, 7) is 6.50. The number of carbonyl (C=O) groups is 1. The van der Waals surface area contributed by atoms with E-state index in [2.05, 4.69) is 24.8 Å². The van der Waals surface area contributed by atoms with Crippen LogP contribution in [0.4, 0.5) is 0 Å². The van der Waals surface area contributed by atoms with E-state index in [9.17, 15) is 4.79 Å². The lowest BCUT2D eigenvalue weighted by atomic mass is 10.1. The molecule has 0 bridgehead atoms. The summed E-state index contributed by atoms with van der Waals surface area (Å²) >= 11 is 0. The molecular formula is C16H23NO3. The van der Waals surface area contributed by atoms with Gasteiger partial charge in [-0.1, -0.05) is 6.07 Å². The van der Waals surface area contributed by atoms with Crippen molar-refractivity contribution in [3.8, 4) is 5.75 Å². The predicted molar refractivity (Wildman–Crippen MR) is 78.3 cm³/mol. The van der Waals surface area contributed by atoms with Crippen molar-refractivity contribution >= 4 is 5.97 Å². The van der Waals surface area contributed by atoms with Crippen molar-refractivity contribution in [2.45, 2.75) is 39.2 Å². The van der Waals surface area contributed by atoms with Gasteiger partial charge in [-0.25, -0.2) is 0 Å². The smallest absolute Gasteiger partial charge is 0.304 e. The fraction of sp³-hybridized carbons (Fsp3) is 0.562. The highest BCUT2D eigenvalue weighted by atomic mass is 16.5. The number of aliphatic carboxylic acids is 1. The average molecular weight is 277 g/mol. The van der Waals surface area contributed by atoms with Crippen molar-refractivity contribution in [2.75, 3.05) is 19.7 Å². The zero-order valence-electron chi connectivity index (χ0n) is 12.3. The Morgan fingerprint density at radius 2 is 2.05 bits per heavy atom. The second-order valence-corrected chi connectivity index (χ2v) is 5.60. The van der Waals surface area contributed by atoms with E-state index >= 15 is 0 Å². The summed E-state index contributed by atoms with van der Waals surface area (Å²) in [5.74, 6) is 0.189. The minimum Gasteiger partial charge on any atom is -0.492 e. The molecule has 4 nitrogen and oxygen atoms in total. The highest BCUT2D eigenvalue weighted by molar-refractivity contribution is 5.67. The van der Waals surface area contributed by atoms with Gasteiger partial charge in [0.05, 0.1) is 6.42 Å². The molecular weight excluding hydrogens is 254 g/mol. The van der Waals surface area contributed by atoms with Gasteiger partial charge in [0.15, 0.2) is 0 Å². The Morgan fingerprint density at radius 3 is 2.70 bits per heavy atom. The number of rotatable bonds is 6. The molecule has 0 saturated carbocycles. The van der Waals surface area contributed by atoms with Gasteiger partial charge in [0.1, 0.15) is 12.4 Å². The summed E-state index contributed by atoms with van der Waals surface area (Å²) in [5, 5.41) is 8.90. The third kappa shape index (κ3) is 4.23. The highest BCUT2D eigenvalue weighted by Crippen LogP contribution is 2.20. The third-order valence-corrected chi connectivity index (χ3v) is 3.75. The maximum atomic E-state index is 10.8. The van der Waals surface area contributed by atoms with Crippen LogP contribution in [-0.2, 0) is 4.79 Å². The molecule has 0 radical (unpaired) electrons. The van der Waals surface area contributed by atoms with Gasteiger partial charge >= 0.3 is 5.97 Å². The van der Waals surface area contributed by atoms with Crippen LogP contribution in [0.1, 0.15) is 30.4 Å². The van der Waals surface area contributed by atoms with Gasteiger partial charge < -0.3 is 9.84 Å². The maximum Gasteiger partial charge on any atom is 0.304 e. The van der Waals surface area contributed by atoms with E-state index in [0.29, 0.717) is 6.61 Å². The molecule has 1 atom stereocenters. The van der Waals surface area contributed by atoms with E-state index in [0.717, 1.165) is 31.7 Å². The van der Waals surface area contributed by atoms with Crippen molar-refractivity contribution in [2.24, 2.45) is 0 Å². The van der Waals surface area contributed by atoms with Gasteiger partial charge in [-0.05, 0) is 56.5 Å². The Balaban J connectivity index is 1.81. The molecule has 0 aromatic heterocycles. The topological polar surface area (TPSA) is 49.8 Å². The summed E-state index contributed by atoms with van der Waals surface area (Å²) < 4.78 is 5.79. The number of likely N-dealkylation sites (tertiary alicyclic amines) is 1. The highest BCUT2D eigenvalue weighted by Gasteiger charge is 2.26. The molecule has 1 aromatic carbocycles. The molecule has 0 aliphatic carbocycles. The van der Waals surface area contributed by atoms with Crippen LogP contribution in [0.3, 0.4) is 0 Å². The molecule has 1 saturated heterocycles. The Morgan fingerprint density at radius 1 is 1.35 bits per heavy atom. The van der Waals surface area contributed by atoms with Crippen LogP contribution in [0, 0.1) is 13.8 Å². The lowest BCUT2D eigenvalue weighted by Crippen LogP contribution is -2.34. The van der Waals surface area contributed by atoms with Crippen molar-refractivity contribution in [1.29, 1.82) is 0 Å². The lowest BCUT2D eigenvalue weighted by molar-refractivity contribution is -0.138. The number of carboxylic acids is 1. The molecule has 1 fully saturated rings. The summed E-state index contributed by atoms with van der Waals surface area (Å²) in [6, 6.07) is 6.36. The first-order valence-electron chi connectivity index (χ1n) is 7.21. The third-order valence-electron chi connectivity index (χ3n) is 3.75. The minimum atomic E-state index is -0.711. The van der Waals surface area contributed by atoms with Crippen molar-refractivity contribution in [3.05, 3.63) is 29.3 Å². The van der Waals surface area contributed by atoms with Crippen LogP contribution < -0.4 is 4.74 Å². The Hall–Kier alpha value is -1.55. The SMILES string of the molecule is Cc1cc(C)cc(OCCN2CCCC2CC(=O)O)c1. The van der Waals surface area contributed by atoms with Crippen molar-refractivity contribution in [3.63, 3.8) is 0 Å². The monoisotopic (exact) mass is 277 g/mol. The van der Waals surface area contributed by atoms with Crippen LogP contribution in [0.25, 0.3) is 0 Å². The van der Waals surface area contributed by atoms with Gasteiger partial charge in [-0.15, -0.1) is 0 Å². The zero-order valence-corrected chi connectivity index (χ0v) is 12.3. The van der Waals surface area contributed by atoms with Crippen LogP contribution in [0.15, 0.2) is 18.2 Å². The van der Waals surface area contributed by atoms with Crippen molar-refractivity contribution in [1.82, 2.24) is 4.90 Å². The molecule has 1 aliphatic rings. The van der Waals surface area contributed by atoms with Crippen LogP contribution in [-0.4, -0.2) is 41.7 Å². The summed E-state index contributed by atoms with van der Waals surface area (Å²) in [7, 11) is 0. The van der Waals surface area contributed by atoms with Crippen LogP contribution >= 0.6 is 0 Å². The number of carboxylic acid groups (broad SMARTS) is 1. The summed E-state index contributed by atoms with van der Waals surface area (Å²) in [6.07, 6.45) is 2.31. The number of hydrogen-bond acceptors (Lipinski definition) is 3. The first kappa shape index (κ1) is 14.9. The summed E-state index contributed by atoms with van der Waals surface area (Å²) in [5.41, 5.74) is 2.40. The number of ether oxygens (including phenoxy) is 1. The molecule has 20 heavy (non-hydrogen) atoms. The largest absolute Gasteiger partial charge is 0.492 e. The molecule has 1 unspecified atom stereocenters. The fourth-order valence-electron chi connectivity index (χ4n) is 2.92. The molecule has 2 rings (SSSR count). The Bertz CT molecular complexity index is 453. The molecule has 110 valence electrons. The molecule has 4 heteroatoms. The minimum absolute atomic E-state index is 0.176. The fourth-order valence-corrected chi connectivity index (χ4v) is 2.92. The quantitative estimate of drug-likeness (QED) is 0.868. The molecule has 1 N–H and O–H groups in total. The Labute approximate surface area is 120 Å². The first-order chi connectivity index (χ1) is 9.54. The van der Waals surface area contributed by atoms with E-state index in [-0.39, 0.29) is 12.5 Å². The maximum absolute atomic E-state index is 10.8. The second kappa shape index (κ2) is 6.75. The second-order valence-electron chi connectivity index (χ2n) is 5.60. The number of aryl methyl sites for hydroxylation is 2. The molecule has 0 amide bonds. The average Bonchev–Trinajstić information content (AvgIpc) is 2.74.